The molecule has 0 radical (unpaired) electrons. The van der Waals surface area contributed by atoms with Crippen LogP contribution in [0.15, 0.2) is 30.6 Å². The van der Waals surface area contributed by atoms with E-state index in [0.717, 1.165) is 5.56 Å². The maximum Gasteiger partial charge on any atom is 0.0872 e. The molecule has 0 saturated heterocycles. The van der Waals surface area contributed by atoms with Gasteiger partial charge in [-0.05, 0) is 23.8 Å². The maximum atomic E-state index is 11.6. The van der Waals surface area contributed by atoms with Crippen molar-refractivity contribution in [1.29, 1.82) is 0 Å². The molecule has 0 bridgehead atoms. The van der Waals surface area contributed by atoms with Crippen LogP contribution in [0.4, 0.5) is 4.39 Å². The van der Waals surface area contributed by atoms with Gasteiger partial charge in [0.1, 0.15) is 0 Å². The monoisotopic (exact) mass is 156 g/mol. The largest absolute Gasteiger partial charge is 0.216 e. The molecule has 0 aliphatic heterocycles. The summed E-state index contributed by atoms with van der Waals surface area (Å²) >= 11 is 5.59. The van der Waals surface area contributed by atoms with Crippen molar-refractivity contribution in [2.45, 2.75) is 0 Å². The number of rotatable bonds is 1. The molecule has 1 aromatic rings. The summed E-state index contributed by atoms with van der Waals surface area (Å²) < 4.78 is 11.6. The minimum absolute atomic E-state index is 0.503. The van der Waals surface area contributed by atoms with Crippen LogP contribution in [0.3, 0.4) is 0 Å². The first kappa shape index (κ1) is 7.29. The van der Waals surface area contributed by atoms with E-state index < -0.39 is 0 Å². The van der Waals surface area contributed by atoms with E-state index in [1.807, 2.05) is 0 Å². The Kier molecular flexibility index (Phi) is 2.46. The molecule has 0 N–H and O–H groups in total. The minimum atomic E-state index is 0.503. The van der Waals surface area contributed by atoms with Crippen LogP contribution >= 0.6 is 11.6 Å². The SMILES string of the molecule is F/C=C/c1ccc(Cl)cc1. The Morgan fingerprint density at radius 2 is 1.80 bits per heavy atom. The van der Waals surface area contributed by atoms with E-state index in [9.17, 15) is 4.39 Å². The first-order valence-electron chi connectivity index (χ1n) is 2.85. The van der Waals surface area contributed by atoms with Crippen LogP contribution in [0.1, 0.15) is 5.56 Å². The van der Waals surface area contributed by atoms with Crippen molar-refractivity contribution in [3.63, 3.8) is 0 Å². The Morgan fingerprint density at radius 3 is 2.30 bits per heavy atom. The lowest BCUT2D eigenvalue weighted by molar-refractivity contribution is 0.727. The van der Waals surface area contributed by atoms with E-state index in [4.69, 9.17) is 11.6 Å². The number of hydrogen-bond donors (Lipinski definition) is 0. The van der Waals surface area contributed by atoms with Gasteiger partial charge in [-0.2, -0.15) is 0 Å². The summed E-state index contributed by atoms with van der Waals surface area (Å²) in [5.41, 5.74) is 0.812. The third-order valence-corrected chi connectivity index (χ3v) is 1.38. The van der Waals surface area contributed by atoms with Gasteiger partial charge in [-0.15, -0.1) is 0 Å². The average molecular weight is 157 g/mol. The first-order chi connectivity index (χ1) is 4.83. The molecule has 1 aromatic carbocycles. The molecule has 0 amide bonds. The van der Waals surface area contributed by atoms with Crippen LogP contribution in [0.2, 0.25) is 5.02 Å². The van der Waals surface area contributed by atoms with Crippen LogP contribution < -0.4 is 0 Å². The Balaban J connectivity index is 2.89. The van der Waals surface area contributed by atoms with E-state index in [-0.39, 0.29) is 0 Å². The van der Waals surface area contributed by atoms with Gasteiger partial charge < -0.3 is 0 Å². The van der Waals surface area contributed by atoms with Crippen LogP contribution in [-0.4, -0.2) is 0 Å². The number of halogens is 2. The fraction of sp³-hybridized carbons (Fsp3) is 0. The van der Waals surface area contributed by atoms with E-state index in [2.05, 4.69) is 0 Å². The topological polar surface area (TPSA) is 0 Å². The second kappa shape index (κ2) is 3.37. The van der Waals surface area contributed by atoms with Gasteiger partial charge in [0.15, 0.2) is 0 Å². The quantitative estimate of drug-likeness (QED) is 0.586. The van der Waals surface area contributed by atoms with Gasteiger partial charge in [0.05, 0.1) is 6.33 Å². The smallest absolute Gasteiger partial charge is 0.0872 e. The predicted octanol–water partition coefficient (Wildman–Crippen LogP) is 3.28. The van der Waals surface area contributed by atoms with Crippen molar-refractivity contribution < 1.29 is 4.39 Å². The van der Waals surface area contributed by atoms with Crippen LogP contribution in [0, 0.1) is 0 Å². The Morgan fingerprint density at radius 1 is 1.20 bits per heavy atom. The standard InChI is InChI=1S/C8H6ClF/c9-8-3-1-7(2-4-8)5-6-10/h1-6H/b6-5+. The summed E-state index contributed by atoms with van der Waals surface area (Å²) in [6.07, 6.45) is 1.87. The molecule has 0 aliphatic carbocycles. The molecule has 10 heavy (non-hydrogen) atoms. The van der Waals surface area contributed by atoms with Gasteiger partial charge in [-0.25, -0.2) is 4.39 Å². The Hall–Kier alpha value is -0.820. The number of hydrogen-bond acceptors (Lipinski definition) is 0. The molecule has 0 aromatic heterocycles. The van der Waals surface area contributed by atoms with Crippen molar-refractivity contribution in [1.82, 2.24) is 0 Å². The normalized spacial score (nSPS) is 10.6. The molecule has 0 saturated carbocycles. The van der Waals surface area contributed by atoms with Gasteiger partial charge in [0, 0.05) is 5.02 Å². The van der Waals surface area contributed by atoms with E-state index in [1.165, 1.54) is 6.08 Å². The summed E-state index contributed by atoms with van der Waals surface area (Å²) in [5, 5.41) is 0.663. The second-order valence-corrected chi connectivity index (χ2v) is 2.28. The molecule has 0 nitrogen and oxygen atoms in total. The Labute approximate surface area is 63.9 Å². The third kappa shape index (κ3) is 1.85. The van der Waals surface area contributed by atoms with Crippen molar-refractivity contribution in [3.8, 4) is 0 Å². The number of benzene rings is 1. The molecule has 0 spiro atoms. The summed E-state index contributed by atoms with van der Waals surface area (Å²) in [7, 11) is 0. The lowest BCUT2D eigenvalue weighted by Gasteiger charge is -1.90. The lowest BCUT2D eigenvalue weighted by atomic mass is 10.2. The van der Waals surface area contributed by atoms with Crippen LogP contribution in [-0.2, 0) is 0 Å². The first-order valence-corrected chi connectivity index (χ1v) is 3.23. The molecule has 2 heteroatoms. The molecule has 1 rings (SSSR count). The van der Waals surface area contributed by atoms with E-state index >= 15 is 0 Å². The fourth-order valence-corrected chi connectivity index (χ4v) is 0.773. The summed E-state index contributed by atoms with van der Waals surface area (Å²) in [5.74, 6) is 0. The highest BCUT2D eigenvalue weighted by Gasteiger charge is 1.85. The van der Waals surface area contributed by atoms with Crippen molar-refractivity contribution >= 4 is 17.7 Å². The zero-order chi connectivity index (χ0) is 7.40. The lowest BCUT2D eigenvalue weighted by Crippen LogP contribution is -1.68. The average Bonchev–Trinajstić information content (AvgIpc) is 1.95. The zero-order valence-corrected chi connectivity index (χ0v) is 5.98. The van der Waals surface area contributed by atoms with Crippen LogP contribution in [0.5, 0.6) is 0 Å². The van der Waals surface area contributed by atoms with Crippen LogP contribution in [0.25, 0.3) is 6.08 Å². The molecule has 0 unspecified atom stereocenters. The molecular formula is C8H6ClF. The van der Waals surface area contributed by atoms with Gasteiger partial charge in [0.25, 0.3) is 0 Å². The fourth-order valence-electron chi connectivity index (χ4n) is 0.647. The van der Waals surface area contributed by atoms with Crippen molar-refractivity contribution in [2.24, 2.45) is 0 Å². The summed E-state index contributed by atoms with van der Waals surface area (Å²) in [6.45, 7) is 0. The molecule has 0 aliphatic rings. The second-order valence-electron chi connectivity index (χ2n) is 1.84. The van der Waals surface area contributed by atoms with Gasteiger partial charge in [0.2, 0.25) is 0 Å². The van der Waals surface area contributed by atoms with Gasteiger partial charge in [-0.1, -0.05) is 23.7 Å². The molecule has 0 fully saturated rings. The molecule has 0 heterocycles. The highest BCUT2D eigenvalue weighted by atomic mass is 35.5. The molecule has 52 valence electrons. The van der Waals surface area contributed by atoms with Crippen molar-refractivity contribution in [2.75, 3.05) is 0 Å². The minimum Gasteiger partial charge on any atom is -0.216 e. The molecular weight excluding hydrogens is 151 g/mol. The highest BCUT2D eigenvalue weighted by Crippen LogP contribution is 2.10. The highest BCUT2D eigenvalue weighted by molar-refractivity contribution is 6.30. The van der Waals surface area contributed by atoms with Crippen molar-refractivity contribution in [3.05, 3.63) is 41.2 Å². The third-order valence-electron chi connectivity index (χ3n) is 1.13. The maximum absolute atomic E-state index is 11.6. The van der Waals surface area contributed by atoms with Gasteiger partial charge >= 0.3 is 0 Å². The summed E-state index contributed by atoms with van der Waals surface area (Å²) in [4.78, 5) is 0. The zero-order valence-electron chi connectivity index (χ0n) is 5.22. The van der Waals surface area contributed by atoms with Gasteiger partial charge in [-0.3, -0.25) is 0 Å². The summed E-state index contributed by atoms with van der Waals surface area (Å²) in [6, 6.07) is 6.94. The Bertz CT molecular complexity index is 226. The predicted molar refractivity (Wildman–Crippen MR) is 41.6 cm³/mol. The van der Waals surface area contributed by atoms with E-state index in [1.54, 1.807) is 24.3 Å². The van der Waals surface area contributed by atoms with E-state index in [0.29, 0.717) is 11.4 Å². The molecule has 0 atom stereocenters.